The molecule has 2 atom stereocenters. The van der Waals surface area contributed by atoms with Gasteiger partial charge in [0.2, 0.25) is 0 Å². The maximum Gasteiger partial charge on any atom is 0.106 e. The van der Waals surface area contributed by atoms with Crippen LogP contribution in [0.2, 0.25) is 0 Å². The molecule has 0 radical (unpaired) electrons. The van der Waals surface area contributed by atoms with Crippen molar-refractivity contribution in [3.05, 3.63) is 29.3 Å². The number of aliphatic hydroxyl groups is 2. The minimum atomic E-state index is -1.02. The molecule has 0 aromatic heterocycles. The summed E-state index contributed by atoms with van der Waals surface area (Å²) < 4.78 is 0. The quantitative estimate of drug-likeness (QED) is 0.706. The normalized spacial score (nSPS) is 17.1. The van der Waals surface area contributed by atoms with Crippen molar-refractivity contribution in [3.8, 4) is 6.07 Å². The molecule has 16 heavy (non-hydrogen) atoms. The van der Waals surface area contributed by atoms with Gasteiger partial charge in [0, 0.05) is 12.2 Å². The van der Waals surface area contributed by atoms with Crippen molar-refractivity contribution in [3.63, 3.8) is 0 Å². The molecule has 2 unspecified atom stereocenters. The molecule has 4 heteroatoms. The molecule has 1 aromatic rings. The largest absolute Gasteiger partial charge is 0.389 e. The fourth-order valence-electron chi connectivity index (χ4n) is 1.94. The van der Waals surface area contributed by atoms with Gasteiger partial charge in [-0.3, -0.25) is 0 Å². The minimum Gasteiger partial charge on any atom is -0.389 e. The van der Waals surface area contributed by atoms with Gasteiger partial charge in [0.25, 0.3) is 0 Å². The highest BCUT2D eigenvalue weighted by atomic mass is 16.3. The lowest BCUT2D eigenvalue weighted by Crippen LogP contribution is -2.17. The van der Waals surface area contributed by atoms with Crippen molar-refractivity contribution >= 4 is 5.69 Å². The summed E-state index contributed by atoms with van der Waals surface area (Å²) in [5.74, 6) is 0. The van der Waals surface area contributed by atoms with Crippen molar-refractivity contribution in [2.24, 2.45) is 0 Å². The Kier molecular flexibility index (Phi) is 3.09. The number of aliphatic hydroxyl groups excluding tert-OH is 2. The lowest BCUT2D eigenvalue weighted by Gasteiger charge is -2.16. The van der Waals surface area contributed by atoms with Crippen molar-refractivity contribution < 1.29 is 10.2 Å². The maximum absolute atomic E-state index is 9.83. The first-order valence-corrected chi connectivity index (χ1v) is 5.32. The summed E-state index contributed by atoms with van der Waals surface area (Å²) in [7, 11) is 0. The molecule has 0 spiro atoms. The minimum absolute atomic E-state index is 0.0590. The molecule has 2 rings (SSSR count). The second-order valence-electron chi connectivity index (χ2n) is 3.97. The highest BCUT2D eigenvalue weighted by molar-refractivity contribution is 5.56. The molecular weight excluding hydrogens is 204 g/mol. The molecule has 0 amide bonds. The third-order valence-electron chi connectivity index (χ3n) is 2.85. The molecule has 1 aromatic carbocycles. The van der Waals surface area contributed by atoms with E-state index in [1.807, 2.05) is 18.2 Å². The van der Waals surface area contributed by atoms with Crippen LogP contribution in [-0.2, 0) is 6.42 Å². The number of anilines is 1. The predicted octanol–water partition coefficient (Wildman–Crippen LogP) is 0.963. The topological polar surface area (TPSA) is 76.3 Å². The van der Waals surface area contributed by atoms with Gasteiger partial charge in [0.15, 0.2) is 0 Å². The van der Waals surface area contributed by atoms with Gasteiger partial charge in [-0.1, -0.05) is 12.1 Å². The Balaban J connectivity index is 2.18. The average molecular weight is 218 g/mol. The smallest absolute Gasteiger partial charge is 0.106 e. The van der Waals surface area contributed by atoms with E-state index in [1.165, 1.54) is 0 Å². The van der Waals surface area contributed by atoms with E-state index in [0.29, 0.717) is 5.56 Å². The summed E-state index contributed by atoms with van der Waals surface area (Å²) >= 11 is 0. The van der Waals surface area contributed by atoms with Crippen molar-refractivity contribution in [2.75, 3.05) is 11.9 Å². The first kappa shape index (κ1) is 10.9. The van der Waals surface area contributed by atoms with Crippen molar-refractivity contribution in [1.29, 1.82) is 5.26 Å². The van der Waals surface area contributed by atoms with Gasteiger partial charge in [-0.15, -0.1) is 0 Å². The van der Waals surface area contributed by atoms with Crippen LogP contribution in [0.4, 0.5) is 5.69 Å². The Morgan fingerprint density at radius 1 is 1.44 bits per heavy atom. The van der Waals surface area contributed by atoms with Gasteiger partial charge in [-0.2, -0.15) is 5.26 Å². The Bertz CT molecular complexity index is 426. The molecule has 1 aliphatic rings. The zero-order chi connectivity index (χ0) is 11.5. The summed E-state index contributed by atoms with van der Waals surface area (Å²) in [6.07, 6.45) is -1.12. The van der Waals surface area contributed by atoms with Crippen LogP contribution in [0.5, 0.6) is 0 Å². The van der Waals surface area contributed by atoms with E-state index in [1.54, 1.807) is 6.07 Å². The molecule has 0 saturated heterocycles. The van der Waals surface area contributed by atoms with Crippen molar-refractivity contribution in [1.82, 2.24) is 0 Å². The second-order valence-corrected chi connectivity index (χ2v) is 3.97. The first-order chi connectivity index (χ1) is 7.72. The Morgan fingerprint density at radius 3 is 3.00 bits per heavy atom. The summed E-state index contributed by atoms with van der Waals surface area (Å²) in [5, 5.41) is 31.0. The Morgan fingerprint density at radius 2 is 2.25 bits per heavy atom. The predicted molar refractivity (Wildman–Crippen MR) is 59.8 cm³/mol. The summed E-state index contributed by atoms with van der Waals surface area (Å²) in [4.78, 5) is 0. The van der Waals surface area contributed by atoms with Gasteiger partial charge in [-0.25, -0.2) is 0 Å². The van der Waals surface area contributed by atoms with Crippen LogP contribution in [-0.4, -0.2) is 22.9 Å². The fraction of sp³-hybridized carbons (Fsp3) is 0.417. The van der Waals surface area contributed by atoms with E-state index in [0.717, 1.165) is 24.2 Å². The third kappa shape index (κ3) is 2.01. The van der Waals surface area contributed by atoms with Crippen LogP contribution in [0, 0.1) is 11.3 Å². The molecule has 1 heterocycles. The number of benzene rings is 1. The summed E-state index contributed by atoms with van der Waals surface area (Å²) in [6, 6.07) is 7.42. The van der Waals surface area contributed by atoms with Gasteiger partial charge < -0.3 is 15.5 Å². The molecule has 4 nitrogen and oxygen atoms in total. The second kappa shape index (κ2) is 4.52. The number of nitriles is 1. The number of fused-ring (bicyclic) bond motifs is 1. The van der Waals surface area contributed by atoms with Gasteiger partial charge >= 0.3 is 0 Å². The van der Waals surface area contributed by atoms with Crippen LogP contribution in [0.1, 0.15) is 23.7 Å². The van der Waals surface area contributed by atoms with E-state index in [-0.39, 0.29) is 6.42 Å². The number of nitrogens with zero attached hydrogens (tertiary/aromatic N) is 1. The number of hydrogen-bond donors (Lipinski definition) is 3. The number of nitrogens with one attached hydrogen (secondary N) is 1. The summed E-state index contributed by atoms with van der Waals surface area (Å²) in [6.45, 7) is 0.912. The maximum atomic E-state index is 9.83. The molecule has 1 aliphatic heterocycles. The average Bonchev–Trinajstić information content (AvgIpc) is 2.75. The first-order valence-electron chi connectivity index (χ1n) is 5.32. The van der Waals surface area contributed by atoms with Crippen LogP contribution in [0.25, 0.3) is 0 Å². The Labute approximate surface area is 94.1 Å². The Hall–Kier alpha value is -1.57. The molecule has 0 aliphatic carbocycles. The van der Waals surface area contributed by atoms with Crippen LogP contribution in [0.3, 0.4) is 0 Å². The van der Waals surface area contributed by atoms with E-state index in [4.69, 9.17) is 5.26 Å². The zero-order valence-electron chi connectivity index (χ0n) is 8.85. The standard InChI is InChI=1S/C12H14N2O2/c13-5-3-11(15)12(16)9-1-2-10-8(7-9)4-6-14-10/h1-2,7,11-12,14-16H,3-4,6H2. The summed E-state index contributed by atoms with van der Waals surface area (Å²) in [5.41, 5.74) is 2.91. The third-order valence-corrected chi connectivity index (χ3v) is 2.85. The SMILES string of the molecule is N#CCC(O)C(O)c1ccc2c(c1)CCN2. The molecule has 84 valence electrons. The van der Waals surface area contributed by atoms with E-state index in [9.17, 15) is 10.2 Å². The number of hydrogen-bond acceptors (Lipinski definition) is 4. The molecule has 0 fully saturated rings. The van der Waals surface area contributed by atoms with Gasteiger partial charge in [0.1, 0.15) is 6.10 Å². The molecule has 0 saturated carbocycles. The highest BCUT2D eigenvalue weighted by Gasteiger charge is 2.20. The van der Waals surface area contributed by atoms with Gasteiger partial charge in [-0.05, 0) is 23.6 Å². The van der Waals surface area contributed by atoms with E-state index >= 15 is 0 Å². The number of rotatable bonds is 3. The van der Waals surface area contributed by atoms with Crippen molar-refractivity contribution in [2.45, 2.75) is 25.0 Å². The monoisotopic (exact) mass is 218 g/mol. The fourth-order valence-corrected chi connectivity index (χ4v) is 1.94. The van der Waals surface area contributed by atoms with Crippen LogP contribution >= 0.6 is 0 Å². The molecular formula is C12H14N2O2. The highest BCUT2D eigenvalue weighted by Crippen LogP contribution is 2.27. The van der Waals surface area contributed by atoms with Crippen LogP contribution in [0.15, 0.2) is 18.2 Å². The van der Waals surface area contributed by atoms with Crippen LogP contribution < -0.4 is 5.32 Å². The zero-order valence-corrected chi connectivity index (χ0v) is 8.85. The van der Waals surface area contributed by atoms with E-state index in [2.05, 4.69) is 5.32 Å². The molecule has 0 bridgehead atoms. The lowest BCUT2D eigenvalue weighted by molar-refractivity contribution is 0.0216. The lowest BCUT2D eigenvalue weighted by atomic mass is 9.99. The van der Waals surface area contributed by atoms with E-state index < -0.39 is 12.2 Å². The molecule has 3 N–H and O–H groups in total. The van der Waals surface area contributed by atoms with Gasteiger partial charge in [0.05, 0.1) is 18.6 Å².